The molecule has 5 heteroatoms. The summed E-state index contributed by atoms with van der Waals surface area (Å²) < 4.78 is 18.2. The van der Waals surface area contributed by atoms with Crippen molar-refractivity contribution >= 4 is 5.82 Å². The van der Waals surface area contributed by atoms with Gasteiger partial charge in [0, 0.05) is 19.2 Å². The van der Waals surface area contributed by atoms with Gasteiger partial charge in [0.2, 0.25) is 5.95 Å². The standard InChI is InChI=1S/C10H16FN3O/c1-4-15-10(2,3)6-12-9-5-8(11)13-7-14-9/h5,7H,4,6H2,1-3H3,(H,12,13,14). The Hall–Kier alpha value is -1.23. The Morgan fingerprint density at radius 2 is 2.20 bits per heavy atom. The first-order valence-electron chi connectivity index (χ1n) is 4.89. The van der Waals surface area contributed by atoms with Crippen LogP contribution in [0.15, 0.2) is 12.4 Å². The Kier molecular flexibility index (Phi) is 3.96. The molecule has 1 rings (SSSR count). The molecule has 0 aliphatic carbocycles. The number of rotatable bonds is 5. The van der Waals surface area contributed by atoms with Crippen LogP contribution in [0, 0.1) is 5.95 Å². The molecule has 1 heterocycles. The van der Waals surface area contributed by atoms with Crippen LogP contribution in [0.4, 0.5) is 10.2 Å². The second kappa shape index (κ2) is 5.02. The van der Waals surface area contributed by atoms with Crippen LogP contribution in [0.25, 0.3) is 0 Å². The van der Waals surface area contributed by atoms with E-state index in [1.807, 2.05) is 20.8 Å². The number of anilines is 1. The van der Waals surface area contributed by atoms with Gasteiger partial charge in [0.05, 0.1) is 5.60 Å². The summed E-state index contributed by atoms with van der Waals surface area (Å²) in [6.45, 7) is 7.07. The van der Waals surface area contributed by atoms with E-state index in [9.17, 15) is 4.39 Å². The summed E-state index contributed by atoms with van der Waals surface area (Å²) in [6.07, 6.45) is 1.19. The topological polar surface area (TPSA) is 47.0 Å². The number of halogens is 1. The molecule has 0 amide bonds. The van der Waals surface area contributed by atoms with Crippen LogP contribution in [0.2, 0.25) is 0 Å². The second-order valence-corrected chi connectivity index (χ2v) is 3.77. The van der Waals surface area contributed by atoms with Crippen LogP contribution in [0.5, 0.6) is 0 Å². The minimum atomic E-state index is -0.540. The lowest BCUT2D eigenvalue weighted by Crippen LogP contribution is -2.33. The van der Waals surface area contributed by atoms with Gasteiger partial charge in [-0.05, 0) is 20.8 Å². The molecule has 1 aromatic rings. The molecule has 0 unspecified atom stereocenters. The zero-order valence-corrected chi connectivity index (χ0v) is 9.25. The zero-order valence-electron chi connectivity index (χ0n) is 9.25. The highest BCUT2D eigenvalue weighted by atomic mass is 19.1. The predicted molar refractivity (Wildman–Crippen MR) is 56.2 cm³/mol. The molecule has 0 saturated carbocycles. The lowest BCUT2D eigenvalue weighted by molar-refractivity contribution is 0.000634. The number of hydrogen-bond acceptors (Lipinski definition) is 4. The molecule has 0 aliphatic rings. The van der Waals surface area contributed by atoms with Crippen molar-refractivity contribution in [3.05, 3.63) is 18.3 Å². The van der Waals surface area contributed by atoms with Gasteiger partial charge in [0.25, 0.3) is 0 Å². The van der Waals surface area contributed by atoms with E-state index >= 15 is 0 Å². The van der Waals surface area contributed by atoms with Crippen LogP contribution in [-0.4, -0.2) is 28.7 Å². The second-order valence-electron chi connectivity index (χ2n) is 3.77. The summed E-state index contributed by atoms with van der Waals surface area (Å²) in [5.41, 5.74) is -0.295. The van der Waals surface area contributed by atoms with E-state index in [1.54, 1.807) is 0 Å². The van der Waals surface area contributed by atoms with E-state index < -0.39 is 5.95 Å². The molecule has 0 bridgehead atoms. The van der Waals surface area contributed by atoms with Crippen molar-refractivity contribution < 1.29 is 9.13 Å². The Labute approximate surface area is 88.9 Å². The summed E-state index contributed by atoms with van der Waals surface area (Å²) in [5.74, 6) is -0.0722. The van der Waals surface area contributed by atoms with E-state index in [1.165, 1.54) is 12.4 Å². The molecule has 1 aromatic heterocycles. The minimum absolute atomic E-state index is 0.295. The Morgan fingerprint density at radius 1 is 1.47 bits per heavy atom. The lowest BCUT2D eigenvalue weighted by Gasteiger charge is -2.25. The van der Waals surface area contributed by atoms with E-state index in [0.29, 0.717) is 19.0 Å². The normalized spacial score (nSPS) is 11.5. The molecule has 0 atom stereocenters. The largest absolute Gasteiger partial charge is 0.374 e. The molecule has 15 heavy (non-hydrogen) atoms. The van der Waals surface area contributed by atoms with Crippen molar-refractivity contribution in [2.75, 3.05) is 18.5 Å². The van der Waals surface area contributed by atoms with Gasteiger partial charge < -0.3 is 10.1 Å². The van der Waals surface area contributed by atoms with Crippen molar-refractivity contribution in [2.45, 2.75) is 26.4 Å². The van der Waals surface area contributed by atoms with Gasteiger partial charge in [0.1, 0.15) is 12.1 Å². The average molecular weight is 213 g/mol. The highest BCUT2D eigenvalue weighted by Gasteiger charge is 2.17. The zero-order chi connectivity index (χ0) is 11.3. The molecule has 0 aliphatic heterocycles. The number of nitrogens with zero attached hydrogens (tertiary/aromatic N) is 2. The van der Waals surface area contributed by atoms with Gasteiger partial charge in [-0.3, -0.25) is 0 Å². The van der Waals surface area contributed by atoms with Gasteiger partial charge in [-0.1, -0.05) is 0 Å². The fourth-order valence-corrected chi connectivity index (χ4v) is 1.18. The van der Waals surface area contributed by atoms with Gasteiger partial charge in [-0.2, -0.15) is 4.39 Å². The Morgan fingerprint density at radius 3 is 2.80 bits per heavy atom. The highest BCUT2D eigenvalue weighted by molar-refractivity contribution is 5.32. The molecule has 4 nitrogen and oxygen atoms in total. The van der Waals surface area contributed by atoms with Gasteiger partial charge in [-0.25, -0.2) is 9.97 Å². The fraction of sp³-hybridized carbons (Fsp3) is 0.600. The Balaban J connectivity index is 2.49. The Bertz CT molecular complexity index is 317. The lowest BCUT2D eigenvalue weighted by atomic mass is 10.1. The van der Waals surface area contributed by atoms with Crippen molar-refractivity contribution in [1.82, 2.24) is 9.97 Å². The highest BCUT2D eigenvalue weighted by Crippen LogP contribution is 2.10. The van der Waals surface area contributed by atoms with Crippen LogP contribution in [0.1, 0.15) is 20.8 Å². The summed E-state index contributed by atoms with van der Waals surface area (Å²) in [6, 6.07) is 1.25. The third-order valence-electron chi connectivity index (χ3n) is 1.86. The van der Waals surface area contributed by atoms with Crippen molar-refractivity contribution in [2.24, 2.45) is 0 Å². The monoisotopic (exact) mass is 213 g/mol. The number of aromatic nitrogens is 2. The van der Waals surface area contributed by atoms with Gasteiger partial charge >= 0.3 is 0 Å². The van der Waals surface area contributed by atoms with Gasteiger partial charge in [-0.15, -0.1) is 0 Å². The summed E-state index contributed by atoms with van der Waals surface area (Å²) >= 11 is 0. The molecule has 0 fully saturated rings. The molecular weight excluding hydrogens is 197 g/mol. The molecule has 0 aromatic carbocycles. The molecule has 0 radical (unpaired) electrons. The van der Waals surface area contributed by atoms with Crippen molar-refractivity contribution in [3.8, 4) is 0 Å². The third kappa shape index (κ3) is 4.20. The number of hydrogen-bond donors (Lipinski definition) is 1. The summed E-state index contributed by atoms with van der Waals surface area (Å²) in [5, 5.41) is 2.99. The summed E-state index contributed by atoms with van der Waals surface area (Å²) in [7, 11) is 0. The van der Waals surface area contributed by atoms with E-state index in [2.05, 4.69) is 15.3 Å². The van der Waals surface area contributed by atoms with Crippen molar-refractivity contribution in [1.29, 1.82) is 0 Å². The average Bonchev–Trinajstić information content (AvgIpc) is 2.15. The fourth-order valence-electron chi connectivity index (χ4n) is 1.18. The SMILES string of the molecule is CCOC(C)(C)CNc1cc(F)ncn1. The first-order chi connectivity index (χ1) is 7.03. The van der Waals surface area contributed by atoms with E-state index in [-0.39, 0.29) is 5.60 Å². The minimum Gasteiger partial charge on any atom is -0.374 e. The first-order valence-corrected chi connectivity index (χ1v) is 4.89. The van der Waals surface area contributed by atoms with Crippen LogP contribution in [0.3, 0.4) is 0 Å². The van der Waals surface area contributed by atoms with Crippen LogP contribution >= 0.6 is 0 Å². The summed E-state index contributed by atoms with van der Waals surface area (Å²) in [4.78, 5) is 7.26. The van der Waals surface area contributed by atoms with Crippen molar-refractivity contribution in [3.63, 3.8) is 0 Å². The van der Waals surface area contributed by atoms with E-state index in [4.69, 9.17) is 4.74 Å². The number of ether oxygens (including phenoxy) is 1. The third-order valence-corrected chi connectivity index (χ3v) is 1.86. The number of nitrogens with one attached hydrogen (secondary N) is 1. The maximum atomic E-state index is 12.7. The van der Waals surface area contributed by atoms with Crippen LogP contribution < -0.4 is 5.32 Å². The first kappa shape index (κ1) is 11.8. The quantitative estimate of drug-likeness (QED) is 0.758. The molecule has 0 saturated heterocycles. The molecular formula is C10H16FN3O. The molecule has 84 valence electrons. The molecule has 1 N–H and O–H groups in total. The van der Waals surface area contributed by atoms with Gasteiger partial charge in [0.15, 0.2) is 0 Å². The maximum Gasteiger partial charge on any atom is 0.217 e. The van der Waals surface area contributed by atoms with Crippen LogP contribution in [-0.2, 0) is 4.74 Å². The van der Waals surface area contributed by atoms with E-state index in [0.717, 1.165) is 0 Å². The predicted octanol–water partition coefficient (Wildman–Crippen LogP) is 1.84. The smallest absolute Gasteiger partial charge is 0.217 e. The molecule has 0 spiro atoms. The maximum absolute atomic E-state index is 12.7.